The van der Waals surface area contributed by atoms with E-state index in [0.29, 0.717) is 12.5 Å². The fourth-order valence-electron chi connectivity index (χ4n) is 1.43. The van der Waals surface area contributed by atoms with Crippen LogP contribution in [-0.4, -0.2) is 6.54 Å². The molecular formula is C13H19N. The molecule has 0 aliphatic carbocycles. The SMILES string of the molecule is CCC(C)C(=Cc1ccccc1)CN. The molecule has 1 nitrogen and oxygen atoms in total. The Morgan fingerprint density at radius 2 is 2.00 bits per heavy atom. The van der Waals surface area contributed by atoms with Crippen molar-refractivity contribution < 1.29 is 0 Å². The van der Waals surface area contributed by atoms with Gasteiger partial charge in [-0.05, 0) is 17.9 Å². The molecule has 1 rings (SSSR count). The highest BCUT2D eigenvalue weighted by Gasteiger charge is 2.03. The standard InChI is InChI=1S/C13H19N/c1-3-11(2)13(10-14)9-12-7-5-4-6-8-12/h4-9,11H,3,10,14H2,1-2H3. The van der Waals surface area contributed by atoms with Crippen molar-refractivity contribution in [3.05, 3.63) is 41.5 Å². The van der Waals surface area contributed by atoms with Crippen LogP contribution in [0, 0.1) is 5.92 Å². The predicted molar refractivity (Wildman–Crippen MR) is 62.9 cm³/mol. The van der Waals surface area contributed by atoms with Gasteiger partial charge in [0.2, 0.25) is 0 Å². The summed E-state index contributed by atoms with van der Waals surface area (Å²) >= 11 is 0. The number of hydrogen-bond acceptors (Lipinski definition) is 1. The van der Waals surface area contributed by atoms with Gasteiger partial charge >= 0.3 is 0 Å². The van der Waals surface area contributed by atoms with Crippen molar-refractivity contribution in [2.24, 2.45) is 11.7 Å². The summed E-state index contributed by atoms with van der Waals surface area (Å²) in [5.41, 5.74) is 8.30. The zero-order chi connectivity index (χ0) is 10.4. The van der Waals surface area contributed by atoms with E-state index in [1.165, 1.54) is 11.1 Å². The van der Waals surface area contributed by atoms with Crippen LogP contribution in [0.2, 0.25) is 0 Å². The Bertz CT molecular complexity index is 287. The van der Waals surface area contributed by atoms with Crippen molar-refractivity contribution in [3.63, 3.8) is 0 Å². The number of rotatable bonds is 4. The second kappa shape index (κ2) is 5.61. The van der Waals surface area contributed by atoms with Crippen LogP contribution in [-0.2, 0) is 0 Å². The molecule has 0 bridgehead atoms. The molecule has 0 fully saturated rings. The largest absolute Gasteiger partial charge is 0.327 e. The summed E-state index contributed by atoms with van der Waals surface area (Å²) in [4.78, 5) is 0. The molecule has 1 unspecified atom stereocenters. The second-order valence-corrected chi connectivity index (χ2v) is 3.64. The lowest BCUT2D eigenvalue weighted by Crippen LogP contribution is -2.09. The molecule has 0 aromatic heterocycles. The molecule has 14 heavy (non-hydrogen) atoms. The average molecular weight is 189 g/mol. The molecule has 0 aliphatic rings. The Balaban J connectivity index is 2.84. The van der Waals surface area contributed by atoms with E-state index in [1.807, 2.05) is 6.07 Å². The van der Waals surface area contributed by atoms with Crippen LogP contribution in [0.4, 0.5) is 0 Å². The van der Waals surface area contributed by atoms with Crippen LogP contribution in [0.1, 0.15) is 25.8 Å². The molecule has 0 saturated carbocycles. The fraction of sp³-hybridized carbons (Fsp3) is 0.385. The average Bonchev–Trinajstić information content (AvgIpc) is 2.26. The van der Waals surface area contributed by atoms with E-state index in [1.54, 1.807) is 0 Å². The molecule has 2 N–H and O–H groups in total. The third kappa shape index (κ3) is 3.00. The second-order valence-electron chi connectivity index (χ2n) is 3.64. The quantitative estimate of drug-likeness (QED) is 0.774. The van der Waals surface area contributed by atoms with E-state index in [9.17, 15) is 0 Å². The molecule has 0 aliphatic heterocycles. The van der Waals surface area contributed by atoms with Gasteiger partial charge in [-0.2, -0.15) is 0 Å². The summed E-state index contributed by atoms with van der Waals surface area (Å²) < 4.78 is 0. The van der Waals surface area contributed by atoms with Crippen LogP contribution >= 0.6 is 0 Å². The molecule has 0 spiro atoms. The van der Waals surface area contributed by atoms with Crippen LogP contribution in [0.5, 0.6) is 0 Å². The van der Waals surface area contributed by atoms with Crippen LogP contribution in [0.25, 0.3) is 6.08 Å². The summed E-state index contributed by atoms with van der Waals surface area (Å²) in [6.07, 6.45) is 3.35. The zero-order valence-corrected chi connectivity index (χ0v) is 9.03. The Hall–Kier alpha value is -1.08. The first-order valence-corrected chi connectivity index (χ1v) is 5.23. The first-order valence-electron chi connectivity index (χ1n) is 5.23. The molecule has 1 aromatic rings. The topological polar surface area (TPSA) is 26.0 Å². The minimum atomic E-state index is 0.584. The minimum absolute atomic E-state index is 0.584. The normalized spacial score (nSPS) is 14.1. The van der Waals surface area contributed by atoms with Gasteiger partial charge < -0.3 is 5.73 Å². The highest BCUT2D eigenvalue weighted by molar-refractivity contribution is 5.53. The highest BCUT2D eigenvalue weighted by Crippen LogP contribution is 2.16. The number of nitrogens with two attached hydrogens (primary N) is 1. The maximum Gasteiger partial charge on any atom is 0.0142 e. The van der Waals surface area contributed by atoms with Gasteiger partial charge in [0, 0.05) is 6.54 Å². The van der Waals surface area contributed by atoms with Gasteiger partial charge in [0.25, 0.3) is 0 Å². The first kappa shape index (κ1) is 11.0. The van der Waals surface area contributed by atoms with E-state index in [0.717, 1.165) is 6.42 Å². The van der Waals surface area contributed by atoms with Crippen LogP contribution in [0.3, 0.4) is 0 Å². The molecule has 0 radical (unpaired) electrons. The van der Waals surface area contributed by atoms with Crippen molar-refractivity contribution in [1.29, 1.82) is 0 Å². The molecule has 0 saturated heterocycles. The van der Waals surface area contributed by atoms with Gasteiger partial charge in [0.05, 0.1) is 0 Å². The van der Waals surface area contributed by atoms with Crippen LogP contribution in [0.15, 0.2) is 35.9 Å². The Morgan fingerprint density at radius 3 is 2.50 bits per heavy atom. The minimum Gasteiger partial charge on any atom is -0.327 e. The van der Waals surface area contributed by atoms with E-state index >= 15 is 0 Å². The Kier molecular flexibility index (Phi) is 4.41. The lowest BCUT2D eigenvalue weighted by Gasteiger charge is -2.11. The molecule has 1 heteroatoms. The van der Waals surface area contributed by atoms with Gasteiger partial charge in [0.1, 0.15) is 0 Å². The molecule has 0 amide bonds. The lowest BCUT2D eigenvalue weighted by atomic mass is 9.96. The number of hydrogen-bond donors (Lipinski definition) is 1. The van der Waals surface area contributed by atoms with E-state index in [4.69, 9.17) is 5.73 Å². The predicted octanol–water partition coefficient (Wildman–Crippen LogP) is 3.07. The van der Waals surface area contributed by atoms with Crippen molar-refractivity contribution in [1.82, 2.24) is 0 Å². The van der Waals surface area contributed by atoms with Gasteiger partial charge in [-0.25, -0.2) is 0 Å². The van der Waals surface area contributed by atoms with Crippen molar-refractivity contribution in [2.75, 3.05) is 6.54 Å². The molecule has 1 atom stereocenters. The van der Waals surface area contributed by atoms with Crippen molar-refractivity contribution in [2.45, 2.75) is 20.3 Å². The first-order chi connectivity index (χ1) is 6.77. The van der Waals surface area contributed by atoms with E-state index in [2.05, 4.69) is 44.2 Å². The Labute approximate surface area is 86.6 Å². The molecular weight excluding hydrogens is 170 g/mol. The van der Waals surface area contributed by atoms with Crippen molar-refractivity contribution in [3.8, 4) is 0 Å². The summed E-state index contributed by atoms with van der Waals surface area (Å²) in [6.45, 7) is 5.07. The Morgan fingerprint density at radius 1 is 1.36 bits per heavy atom. The maximum absolute atomic E-state index is 5.73. The van der Waals surface area contributed by atoms with Gasteiger partial charge in [-0.3, -0.25) is 0 Å². The van der Waals surface area contributed by atoms with E-state index in [-0.39, 0.29) is 0 Å². The number of benzene rings is 1. The summed E-state index contributed by atoms with van der Waals surface area (Å²) in [5, 5.41) is 0. The third-order valence-corrected chi connectivity index (χ3v) is 2.63. The molecule has 1 aromatic carbocycles. The van der Waals surface area contributed by atoms with Gasteiger partial charge in [-0.15, -0.1) is 0 Å². The fourth-order valence-corrected chi connectivity index (χ4v) is 1.43. The summed E-state index contributed by atoms with van der Waals surface area (Å²) in [5.74, 6) is 0.584. The van der Waals surface area contributed by atoms with Gasteiger partial charge in [-0.1, -0.05) is 55.8 Å². The zero-order valence-electron chi connectivity index (χ0n) is 9.03. The maximum atomic E-state index is 5.73. The van der Waals surface area contributed by atoms with Crippen LogP contribution < -0.4 is 5.73 Å². The summed E-state index contributed by atoms with van der Waals surface area (Å²) in [6, 6.07) is 10.4. The highest BCUT2D eigenvalue weighted by atomic mass is 14.5. The van der Waals surface area contributed by atoms with Crippen molar-refractivity contribution >= 4 is 6.08 Å². The smallest absolute Gasteiger partial charge is 0.0142 e. The summed E-state index contributed by atoms with van der Waals surface area (Å²) in [7, 11) is 0. The molecule has 76 valence electrons. The monoisotopic (exact) mass is 189 g/mol. The van der Waals surface area contributed by atoms with E-state index < -0.39 is 0 Å². The molecule has 0 heterocycles. The third-order valence-electron chi connectivity index (χ3n) is 2.63. The van der Waals surface area contributed by atoms with Gasteiger partial charge in [0.15, 0.2) is 0 Å². The lowest BCUT2D eigenvalue weighted by molar-refractivity contribution is 0.647.